The Bertz CT molecular complexity index is 3770. The van der Waals surface area contributed by atoms with E-state index in [9.17, 15) is 28.8 Å². The number of nitrogens with zero attached hydrogens (tertiary/aromatic N) is 2. The molecule has 0 unspecified atom stereocenters. The molecule has 0 N–H and O–H groups in total. The summed E-state index contributed by atoms with van der Waals surface area (Å²) in [5.41, 5.74) is 3.93. The molecular weight excluding hydrogens is 869 g/mol. The molecule has 0 bridgehead atoms. The van der Waals surface area contributed by atoms with E-state index in [1.165, 1.54) is 37.9 Å². The second-order valence-electron chi connectivity index (χ2n) is 16.1. The van der Waals surface area contributed by atoms with E-state index in [4.69, 9.17) is 9.47 Å². The summed E-state index contributed by atoms with van der Waals surface area (Å²) in [5, 5.41) is 3.33. The second-order valence-corrected chi connectivity index (χ2v) is 18.2. The molecule has 0 saturated carbocycles. The summed E-state index contributed by atoms with van der Waals surface area (Å²) in [6.45, 7) is -0.134. The molecule has 316 valence electrons. The topological polar surface area (TPSA) is 131 Å². The van der Waals surface area contributed by atoms with Crippen molar-refractivity contribution in [3.05, 3.63) is 201 Å². The number of aromatic nitrogens is 2. The van der Waals surface area contributed by atoms with Crippen LogP contribution in [0.2, 0.25) is 0 Å². The molecule has 66 heavy (non-hydrogen) atoms. The smallest absolute Gasteiger partial charge is 0.419 e. The van der Waals surface area contributed by atoms with Crippen molar-refractivity contribution in [2.75, 3.05) is 0 Å². The van der Waals surface area contributed by atoms with Gasteiger partial charge in [0.1, 0.15) is 13.2 Å². The number of hydrogen-bond donors (Lipinski definition) is 0. The fraction of sp³-hybridized carbons (Fsp3) is 0.0370. The number of carbonyl (C=O) groups is 6. The van der Waals surface area contributed by atoms with Gasteiger partial charge in [0.2, 0.25) is 0 Å². The molecule has 0 radical (unpaired) electrons. The van der Waals surface area contributed by atoms with Crippen LogP contribution in [0.4, 0.5) is 9.59 Å². The van der Waals surface area contributed by atoms with E-state index in [1.54, 1.807) is 42.5 Å². The molecule has 4 aromatic heterocycles. The summed E-state index contributed by atoms with van der Waals surface area (Å²) >= 11 is 2.60. The van der Waals surface area contributed by atoms with Gasteiger partial charge in [0.25, 0.3) is 0 Å². The minimum atomic E-state index is -0.800. The van der Waals surface area contributed by atoms with E-state index >= 15 is 0 Å². The molecule has 2 aliphatic rings. The Morgan fingerprint density at radius 1 is 0.470 bits per heavy atom. The first-order valence-electron chi connectivity index (χ1n) is 20.9. The average Bonchev–Trinajstić information content (AvgIpc) is 4.16. The highest BCUT2D eigenvalue weighted by Gasteiger charge is 2.36. The van der Waals surface area contributed by atoms with E-state index in [0.717, 1.165) is 32.7 Å². The molecule has 6 aromatic carbocycles. The number of thiophene rings is 2. The Hall–Kier alpha value is -8.32. The summed E-state index contributed by atoms with van der Waals surface area (Å²) in [4.78, 5) is 85.3. The summed E-state index contributed by atoms with van der Waals surface area (Å²) < 4.78 is 16.5. The van der Waals surface area contributed by atoms with Crippen LogP contribution in [-0.4, -0.2) is 44.5 Å². The van der Waals surface area contributed by atoms with Gasteiger partial charge in [0.05, 0.1) is 47.5 Å². The van der Waals surface area contributed by atoms with Gasteiger partial charge in [0.15, 0.2) is 23.1 Å². The molecule has 0 spiro atoms. The molecule has 10 aromatic rings. The molecule has 4 heterocycles. The van der Waals surface area contributed by atoms with Gasteiger partial charge in [-0.15, -0.1) is 22.7 Å². The molecule has 10 nitrogen and oxygen atoms in total. The van der Waals surface area contributed by atoms with E-state index in [0.29, 0.717) is 46.7 Å². The van der Waals surface area contributed by atoms with Crippen molar-refractivity contribution < 1.29 is 38.2 Å². The largest absolute Gasteiger partial charge is 0.444 e. The number of rotatable bonds is 6. The van der Waals surface area contributed by atoms with Crippen molar-refractivity contribution in [1.29, 1.82) is 0 Å². The lowest BCUT2D eigenvalue weighted by Crippen LogP contribution is -2.17. The monoisotopic (exact) mass is 898 g/mol. The highest BCUT2D eigenvalue weighted by molar-refractivity contribution is 7.31. The van der Waals surface area contributed by atoms with E-state index < -0.39 is 23.8 Å². The predicted octanol–water partition coefficient (Wildman–Crippen LogP) is 12.5. The maximum Gasteiger partial charge on any atom is 0.419 e. The zero-order valence-corrected chi connectivity index (χ0v) is 36.0. The quantitative estimate of drug-likeness (QED) is 0.119. The maximum atomic E-state index is 14.6. The first kappa shape index (κ1) is 39.3. The molecule has 0 amide bonds. The van der Waals surface area contributed by atoms with Crippen LogP contribution in [0.15, 0.2) is 157 Å². The van der Waals surface area contributed by atoms with Crippen LogP contribution in [0.1, 0.15) is 63.1 Å². The van der Waals surface area contributed by atoms with Gasteiger partial charge in [-0.25, -0.2) is 18.7 Å². The minimum Gasteiger partial charge on any atom is -0.444 e. The van der Waals surface area contributed by atoms with Crippen LogP contribution in [0.25, 0.3) is 64.3 Å². The number of ether oxygens (including phenoxy) is 2. The van der Waals surface area contributed by atoms with Crippen LogP contribution in [0, 0.1) is 0 Å². The van der Waals surface area contributed by atoms with Crippen molar-refractivity contribution in [2.24, 2.45) is 0 Å². The molecule has 12 heteroatoms. The number of benzene rings is 6. The highest BCUT2D eigenvalue weighted by Crippen LogP contribution is 2.47. The Morgan fingerprint density at radius 3 is 1.39 bits per heavy atom. The number of allylic oxidation sites excluding steroid dienone is 2. The van der Waals surface area contributed by atoms with Gasteiger partial charge in [-0.2, -0.15) is 0 Å². The van der Waals surface area contributed by atoms with Crippen LogP contribution in [0.3, 0.4) is 0 Å². The van der Waals surface area contributed by atoms with Gasteiger partial charge in [-0.3, -0.25) is 19.2 Å². The van der Waals surface area contributed by atoms with Crippen molar-refractivity contribution >= 4 is 122 Å². The van der Waals surface area contributed by atoms with E-state index in [1.807, 2.05) is 109 Å². The highest BCUT2D eigenvalue weighted by atomic mass is 32.1. The number of carbonyl (C=O) groups excluding carboxylic acids is 6. The van der Waals surface area contributed by atoms with Crippen LogP contribution in [-0.2, 0) is 22.7 Å². The zero-order valence-electron chi connectivity index (χ0n) is 34.4. The molecule has 0 aliphatic heterocycles. The predicted molar refractivity (Wildman–Crippen MR) is 256 cm³/mol. The fourth-order valence-corrected chi connectivity index (χ4v) is 11.4. The summed E-state index contributed by atoms with van der Waals surface area (Å²) in [6.07, 6.45) is 1.45. The fourth-order valence-electron chi connectivity index (χ4n) is 8.99. The van der Waals surface area contributed by atoms with Gasteiger partial charge < -0.3 is 9.47 Å². The van der Waals surface area contributed by atoms with E-state index in [2.05, 4.69) is 0 Å². The molecule has 0 saturated heterocycles. The Kier molecular flexibility index (Phi) is 9.02. The zero-order chi connectivity index (χ0) is 44.8. The normalized spacial score (nSPS) is 13.5. The van der Waals surface area contributed by atoms with Crippen molar-refractivity contribution in [2.45, 2.75) is 13.2 Å². The van der Waals surface area contributed by atoms with Gasteiger partial charge in [-0.05, 0) is 81.2 Å². The van der Waals surface area contributed by atoms with Crippen LogP contribution < -0.4 is 0 Å². The number of Topliss-reactive ketones (excluding diaryl/α,β-unsaturated/α-hetero) is 4. The minimum absolute atomic E-state index is 0.0199. The summed E-state index contributed by atoms with van der Waals surface area (Å²) in [6, 6.07) is 43.8. The standard InChI is InChI=1S/C54H30N2O8S2/c57-47-37-19-31-15-7-8-16-32(31)20-38(37)48(58)41(47)23-35-24-44-45(55(35)53(61)63-27-29-11-3-1-4-12-29)46-52(66-44)51-43(56(46)54(62)64-28-30-13-5-2-6-14-30)26-36(65-51)25-42-49(59)39-21-33-17-9-10-18-34(33)22-40(39)50(42)60/h1-26H,27-28H2. The number of ketones is 4. The number of fused-ring (bicyclic) bond motifs is 9. The summed E-state index contributed by atoms with van der Waals surface area (Å²) in [7, 11) is 0. The van der Waals surface area contributed by atoms with Gasteiger partial charge >= 0.3 is 12.2 Å². The lowest BCUT2D eigenvalue weighted by atomic mass is 10.0. The second kappa shape index (κ2) is 15.2. The third kappa shape index (κ3) is 6.21. The van der Waals surface area contributed by atoms with E-state index in [-0.39, 0.29) is 52.7 Å². The van der Waals surface area contributed by atoms with Gasteiger partial charge in [0, 0.05) is 27.1 Å². The van der Waals surface area contributed by atoms with Crippen molar-refractivity contribution in [1.82, 2.24) is 9.13 Å². The third-order valence-corrected chi connectivity index (χ3v) is 14.5. The first-order chi connectivity index (χ1) is 32.2. The Balaban J connectivity index is 1.03. The van der Waals surface area contributed by atoms with Crippen LogP contribution >= 0.6 is 22.7 Å². The number of hydrogen-bond acceptors (Lipinski definition) is 10. The SMILES string of the molecule is O=C1C(=Cc2cc3c(s2)c2sc4cc(C=C5C(=O)c6cc7ccccc7cc6C5=O)n(C(=O)OCc5ccccc5)c4c2n3C(=O)OCc2ccccc2)C(=O)c2cc3ccccc3cc21. The maximum absolute atomic E-state index is 14.6. The average molecular weight is 899 g/mol. The lowest BCUT2D eigenvalue weighted by Gasteiger charge is -2.11. The van der Waals surface area contributed by atoms with Crippen molar-refractivity contribution in [3.63, 3.8) is 0 Å². The third-order valence-electron chi connectivity index (χ3n) is 12.1. The Morgan fingerprint density at radius 2 is 0.909 bits per heavy atom. The molecule has 12 rings (SSSR count). The molecule has 0 fully saturated rings. The molecular formula is C54H30N2O8S2. The van der Waals surface area contributed by atoms with Crippen LogP contribution in [0.5, 0.6) is 0 Å². The summed E-state index contributed by atoms with van der Waals surface area (Å²) in [5.74, 6) is -1.69. The molecule has 0 atom stereocenters. The lowest BCUT2D eigenvalue weighted by molar-refractivity contribution is 0.0975. The van der Waals surface area contributed by atoms with Gasteiger partial charge in [-0.1, -0.05) is 109 Å². The first-order valence-corrected chi connectivity index (χ1v) is 22.6. The molecule has 2 aliphatic carbocycles. The Labute approximate surface area is 381 Å². The van der Waals surface area contributed by atoms with Crippen molar-refractivity contribution in [3.8, 4) is 0 Å².